The standard InChI is InChI=1S/C27H32N2O5Si/c1-18-23-21(16-29(18)17-33-14-15-35(2,3)4)24(25(27(31)32)28-26(23)30)20-12-8-9-13-22(20)34-19-10-6-5-7-11-19/h5-13,16,24-25H,14-15,17H2,1-4H3,(H,28,30)(H,31,32). The van der Waals surface area contributed by atoms with Crippen molar-refractivity contribution in [1.29, 1.82) is 0 Å². The Morgan fingerprint density at radius 1 is 1.06 bits per heavy atom. The van der Waals surface area contributed by atoms with Crippen LogP contribution in [-0.2, 0) is 16.3 Å². The van der Waals surface area contributed by atoms with Crippen molar-refractivity contribution < 1.29 is 24.2 Å². The predicted octanol–water partition coefficient (Wildman–Crippen LogP) is 5.23. The molecular weight excluding hydrogens is 460 g/mol. The molecule has 184 valence electrons. The lowest BCUT2D eigenvalue weighted by Crippen LogP contribution is -2.49. The smallest absolute Gasteiger partial charge is 0.327 e. The van der Waals surface area contributed by atoms with Gasteiger partial charge in [0.05, 0.1) is 5.56 Å². The summed E-state index contributed by atoms with van der Waals surface area (Å²) in [6, 6.07) is 16.6. The molecule has 0 aliphatic carbocycles. The summed E-state index contributed by atoms with van der Waals surface area (Å²) in [6.07, 6.45) is 1.86. The lowest BCUT2D eigenvalue weighted by Gasteiger charge is -2.31. The number of rotatable bonds is 9. The minimum atomic E-state index is -1.22. The minimum absolute atomic E-state index is 0.309. The molecule has 4 rings (SSSR count). The van der Waals surface area contributed by atoms with Crippen molar-refractivity contribution in [3.05, 3.63) is 83.2 Å². The first kappa shape index (κ1) is 24.8. The largest absolute Gasteiger partial charge is 0.480 e. The fraction of sp³-hybridized carbons (Fsp3) is 0.333. The van der Waals surface area contributed by atoms with E-state index in [0.717, 1.165) is 11.7 Å². The zero-order valence-electron chi connectivity index (χ0n) is 20.6. The first-order valence-electron chi connectivity index (χ1n) is 11.8. The van der Waals surface area contributed by atoms with Crippen LogP contribution in [0.1, 0.15) is 33.1 Å². The lowest BCUT2D eigenvalue weighted by molar-refractivity contribution is -0.139. The molecule has 0 fully saturated rings. The molecule has 2 N–H and O–H groups in total. The summed E-state index contributed by atoms with van der Waals surface area (Å²) < 4.78 is 14.0. The average Bonchev–Trinajstić information content (AvgIpc) is 3.14. The second kappa shape index (κ2) is 10.1. The molecule has 1 aliphatic heterocycles. The molecule has 3 aromatic rings. The van der Waals surface area contributed by atoms with Crippen molar-refractivity contribution in [2.45, 2.75) is 51.3 Å². The molecule has 8 heteroatoms. The van der Waals surface area contributed by atoms with E-state index >= 15 is 0 Å². The summed E-state index contributed by atoms with van der Waals surface area (Å²) in [5.74, 6) is -0.906. The number of hydrogen-bond acceptors (Lipinski definition) is 4. The summed E-state index contributed by atoms with van der Waals surface area (Å²) in [5.41, 5.74) is 2.61. The van der Waals surface area contributed by atoms with Gasteiger partial charge in [-0.1, -0.05) is 56.0 Å². The van der Waals surface area contributed by atoms with E-state index in [9.17, 15) is 14.7 Å². The molecule has 2 aromatic carbocycles. The highest BCUT2D eigenvalue weighted by Gasteiger charge is 2.42. The van der Waals surface area contributed by atoms with Gasteiger partial charge in [0.25, 0.3) is 5.91 Å². The van der Waals surface area contributed by atoms with Gasteiger partial charge >= 0.3 is 5.97 Å². The monoisotopic (exact) mass is 492 g/mol. The number of hydrogen-bond donors (Lipinski definition) is 2. The normalized spacial score (nSPS) is 17.5. The van der Waals surface area contributed by atoms with Crippen LogP contribution in [-0.4, -0.2) is 42.3 Å². The topological polar surface area (TPSA) is 89.8 Å². The van der Waals surface area contributed by atoms with Gasteiger partial charge in [-0.15, -0.1) is 0 Å². The van der Waals surface area contributed by atoms with Gasteiger partial charge in [0.1, 0.15) is 24.3 Å². The molecule has 2 atom stereocenters. The van der Waals surface area contributed by atoms with Gasteiger partial charge in [0.15, 0.2) is 0 Å². The number of amides is 1. The van der Waals surface area contributed by atoms with E-state index in [2.05, 4.69) is 25.0 Å². The van der Waals surface area contributed by atoms with E-state index in [1.165, 1.54) is 0 Å². The summed E-state index contributed by atoms with van der Waals surface area (Å²) in [6.45, 7) is 9.72. The number of aliphatic carboxylic acids is 1. The van der Waals surface area contributed by atoms with Gasteiger partial charge in [0, 0.05) is 38.1 Å². The van der Waals surface area contributed by atoms with Crippen LogP contribution in [0.15, 0.2) is 60.8 Å². The Bertz CT molecular complexity index is 1220. The lowest BCUT2D eigenvalue weighted by atomic mass is 9.80. The molecule has 2 heterocycles. The number of carboxylic acids is 1. The highest BCUT2D eigenvalue weighted by atomic mass is 28.3. The molecular formula is C27H32N2O5Si. The summed E-state index contributed by atoms with van der Waals surface area (Å²) >= 11 is 0. The molecule has 35 heavy (non-hydrogen) atoms. The summed E-state index contributed by atoms with van der Waals surface area (Å²) in [5, 5.41) is 12.7. The van der Waals surface area contributed by atoms with Crippen molar-refractivity contribution >= 4 is 20.0 Å². The fourth-order valence-corrected chi connectivity index (χ4v) is 5.12. The van der Waals surface area contributed by atoms with E-state index < -0.39 is 26.0 Å². The zero-order valence-corrected chi connectivity index (χ0v) is 21.6. The van der Waals surface area contributed by atoms with Crippen LogP contribution in [0.2, 0.25) is 25.7 Å². The quantitative estimate of drug-likeness (QED) is 0.315. The Hall–Kier alpha value is -3.36. The molecule has 1 aliphatic rings. The Kier molecular flexibility index (Phi) is 7.14. The number of nitrogens with zero attached hydrogens (tertiary/aromatic N) is 1. The molecule has 0 saturated carbocycles. The van der Waals surface area contributed by atoms with Crippen LogP contribution in [0.4, 0.5) is 0 Å². The van der Waals surface area contributed by atoms with Gasteiger partial charge < -0.3 is 24.5 Å². The van der Waals surface area contributed by atoms with Gasteiger partial charge in [-0.25, -0.2) is 4.79 Å². The SMILES string of the molecule is Cc1c2c(cn1COCC[Si](C)(C)C)C(c1ccccc1Oc1ccccc1)C(C(=O)O)NC2=O. The highest BCUT2D eigenvalue weighted by molar-refractivity contribution is 6.76. The van der Waals surface area contributed by atoms with E-state index in [4.69, 9.17) is 9.47 Å². The first-order chi connectivity index (χ1) is 16.7. The third-order valence-electron chi connectivity index (χ3n) is 6.28. The van der Waals surface area contributed by atoms with E-state index in [0.29, 0.717) is 41.5 Å². The van der Waals surface area contributed by atoms with Crippen LogP contribution in [0, 0.1) is 6.92 Å². The van der Waals surface area contributed by atoms with Gasteiger partial charge in [-0.05, 0) is 36.7 Å². The van der Waals surface area contributed by atoms with E-state index in [1.54, 1.807) is 0 Å². The second-order valence-electron chi connectivity index (χ2n) is 10.1. The van der Waals surface area contributed by atoms with Crippen LogP contribution in [0.25, 0.3) is 0 Å². The number of ether oxygens (including phenoxy) is 2. The maximum absolute atomic E-state index is 13.0. The van der Waals surface area contributed by atoms with E-state index in [-0.39, 0.29) is 5.91 Å². The number of fused-ring (bicyclic) bond motifs is 1. The maximum atomic E-state index is 13.0. The van der Waals surface area contributed by atoms with Crippen LogP contribution >= 0.6 is 0 Å². The number of aromatic nitrogens is 1. The maximum Gasteiger partial charge on any atom is 0.327 e. The second-order valence-corrected chi connectivity index (χ2v) is 15.7. The summed E-state index contributed by atoms with van der Waals surface area (Å²) in [4.78, 5) is 25.3. The molecule has 0 radical (unpaired) electrons. The Balaban J connectivity index is 1.72. The molecule has 0 bridgehead atoms. The molecule has 7 nitrogen and oxygen atoms in total. The first-order valence-corrected chi connectivity index (χ1v) is 15.5. The average molecular weight is 493 g/mol. The van der Waals surface area contributed by atoms with Crippen molar-refractivity contribution in [3.63, 3.8) is 0 Å². The highest BCUT2D eigenvalue weighted by Crippen LogP contribution is 2.41. The molecule has 1 aromatic heterocycles. The fourth-order valence-electron chi connectivity index (χ4n) is 4.36. The number of carboxylic acid groups (broad SMARTS) is 1. The number of carbonyl (C=O) groups is 2. The Morgan fingerprint density at radius 3 is 2.43 bits per heavy atom. The number of nitrogens with one attached hydrogen (secondary N) is 1. The van der Waals surface area contributed by atoms with Crippen molar-refractivity contribution in [2.24, 2.45) is 0 Å². The van der Waals surface area contributed by atoms with Gasteiger partial charge in [-0.2, -0.15) is 0 Å². The van der Waals surface area contributed by atoms with E-state index in [1.807, 2.05) is 72.3 Å². The third-order valence-corrected chi connectivity index (χ3v) is 7.98. The number of para-hydroxylation sites is 2. The van der Waals surface area contributed by atoms with Crippen molar-refractivity contribution in [3.8, 4) is 11.5 Å². The third kappa shape index (κ3) is 5.49. The molecule has 1 amide bonds. The Labute approximate surface area is 206 Å². The van der Waals surface area contributed by atoms with Gasteiger partial charge in [-0.3, -0.25) is 4.79 Å². The van der Waals surface area contributed by atoms with Gasteiger partial charge in [0.2, 0.25) is 0 Å². The number of carbonyl (C=O) groups excluding carboxylic acids is 1. The molecule has 0 saturated heterocycles. The van der Waals surface area contributed by atoms with Crippen LogP contribution < -0.4 is 10.1 Å². The summed E-state index contributed by atoms with van der Waals surface area (Å²) in [7, 11) is -1.22. The minimum Gasteiger partial charge on any atom is -0.480 e. The molecule has 2 unspecified atom stereocenters. The number of benzene rings is 2. The predicted molar refractivity (Wildman–Crippen MR) is 137 cm³/mol. The van der Waals surface area contributed by atoms with Crippen molar-refractivity contribution in [2.75, 3.05) is 6.61 Å². The zero-order chi connectivity index (χ0) is 25.2. The molecule has 0 spiro atoms. The van der Waals surface area contributed by atoms with Crippen LogP contribution in [0.5, 0.6) is 11.5 Å². The van der Waals surface area contributed by atoms with Crippen molar-refractivity contribution in [1.82, 2.24) is 9.88 Å². The Morgan fingerprint density at radius 2 is 1.74 bits per heavy atom. The van der Waals surface area contributed by atoms with Crippen LogP contribution in [0.3, 0.4) is 0 Å².